The lowest BCUT2D eigenvalue weighted by atomic mass is 10.6. The van der Waals surface area contributed by atoms with Crippen molar-refractivity contribution in [1.29, 1.82) is 0 Å². The number of nitrogens with zero attached hydrogens (tertiary/aromatic N) is 3. The summed E-state index contributed by atoms with van der Waals surface area (Å²) in [5.41, 5.74) is 5.29. The lowest BCUT2D eigenvalue weighted by Gasteiger charge is -1.98. The predicted molar refractivity (Wildman–Crippen MR) is 55.4 cm³/mol. The summed E-state index contributed by atoms with van der Waals surface area (Å²) in [5, 5.41) is 1.11. The molecule has 0 aromatic carbocycles. The second-order valence-corrected chi connectivity index (χ2v) is 3.63. The Bertz CT molecular complexity index is 526. The van der Waals surface area contributed by atoms with Crippen LogP contribution in [0.4, 0.5) is 5.82 Å². The summed E-state index contributed by atoms with van der Waals surface area (Å²) in [5.74, 6) is 0.380. The van der Waals surface area contributed by atoms with E-state index in [9.17, 15) is 4.79 Å². The standard InChI is InChI=1S/C8H7N5OS/c9-5-3-7(12-4-11-5)15-8-10-2-1-6(14)13-8/h1-4H,(H2,9,11,12)(H,10,13,14). The van der Waals surface area contributed by atoms with Crippen LogP contribution >= 0.6 is 11.8 Å². The van der Waals surface area contributed by atoms with E-state index in [-0.39, 0.29) is 5.56 Å². The fourth-order valence-corrected chi connectivity index (χ4v) is 1.66. The molecule has 2 aromatic heterocycles. The highest BCUT2D eigenvalue weighted by Gasteiger charge is 2.01. The Hall–Kier alpha value is -1.89. The maximum Gasteiger partial charge on any atom is 0.251 e. The summed E-state index contributed by atoms with van der Waals surface area (Å²) in [4.78, 5) is 25.3. The monoisotopic (exact) mass is 221 g/mol. The zero-order chi connectivity index (χ0) is 10.7. The molecule has 0 atom stereocenters. The van der Waals surface area contributed by atoms with Gasteiger partial charge in [0.15, 0.2) is 5.16 Å². The molecule has 76 valence electrons. The van der Waals surface area contributed by atoms with Gasteiger partial charge in [0.05, 0.1) is 0 Å². The first-order valence-corrected chi connectivity index (χ1v) is 4.86. The number of hydrogen-bond acceptors (Lipinski definition) is 6. The summed E-state index contributed by atoms with van der Waals surface area (Å²) >= 11 is 1.22. The number of H-pyrrole nitrogens is 1. The quantitative estimate of drug-likeness (QED) is 0.559. The third-order valence-corrected chi connectivity index (χ3v) is 2.35. The summed E-state index contributed by atoms with van der Waals surface area (Å²) in [6.07, 6.45) is 2.80. The molecule has 0 unspecified atom stereocenters. The molecule has 2 rings (SSSR count). The minimum absolute atomic E-state index is 0.200. The van der Waals surface area contributed by atoms with Gasteiger partial charge in [-0.1, -0.05) is 0 Å². The molecule has 0 radical (unpaired) electrons. The highest BCUT2D eigenvalue weighted by Crippen LogP contribution is 2.21. The Balaban J connectivity index is 2.26. The van der Waals surface area contributed by atoms with Gasteiger partial charge < -0.3 is 10.7 Å². The van der Waals surface area contributed by atoms with Crippen LogP contribution in [0.1, 0.15) is 0 Å². The Kier molecular flexibility index (Phi) is 2.64. The fourth-order valence-electron chi connectivity index (χ4n) is 0.912. The zero-order valence-electron chi connectivity index (χ0n) is 7.54. The first kappa shape index (κ1) is 9.66. The lowest BCUT2D eigenvalue weighted by molar-refractivity contribution is 0.929. The third-order valence-electron chi connectivity index (χ3n) is 1.51. The van der Waals surface area contributed by atoms with Crippen LogP contribution in [-0.4, -0.2) is 19.9 Å². The number of nitrogens with one attached hydrogen (secondary N) is 1. The number of anilines is 1. The maximum atomic E-state index is 11.0. The predicted octanol–water partition coefficient (Wildman–Crippen LogP) is 0.293. The molecule has 3 N–H and O–H groups in total. The second-order valence-electron chi connectivity index (χ2n) is 2.62. The van der Waals surface area contributed by atoms with E-state index >= 15 is 0 Å². The summed E-state index contributed by atoms with van der Waals surface area (Å²) in [6, 6.07) is 2.95. The Morgan fingerprint density at radius 1 is 1.33 bits per heavy atom. The molecule has 6 nitrogen and oxygen atoms in total. The van der Waals surface area contributed by atoms with Crippen LogP contribution in [0.15, 0.2) is 39.6 Å². The molecular weight excluding hydrogens is 214 g/mol. The lowest BCUT2D eigenvalue weighted by Crippen LogP contribution is -2.05. The van der Waals surface area contributed by atoms with E-state index in [1.54, 1.807) is 6.07 Å². The first-order valence-electron chi connectivity index (χ1n) is 4.05. The average Bonchev–Trinajstić information content (AvgIpc) is 2.17. The number of nitrogen functional groups attached to an aromatic ring is 1. The van der Waals surface area contributed by atoms with E-state index in [2.05, 4.69) is 19.9 Å². The zero-order valence-corrected chi connectivity index (χ0v) is 8.36. The molecule has 0 aliphatic heterocycles. The van der Waals surface area contributed by atoms with Crippen LogP contribution < -0.4 is 11.3 Å². The molecule has 0 aliphatic carbocycles. The van der Waals surface area contributed by atoms with Crippen molar-refractivity contribution < 1.29 is 0 Å². The van der Waals surface area contributed by atoms with Gasteiger partial charge in [-0.2, -0.15) is 0 Å². The van der Waals surface area contributed by atoms with Crippen LogP contribution in [0, 0.1) is 0 Å². The van der Waals surface area contributed by atoms with Gasteiger partial charge in [-0.05, 0) is 11.8 Å². The Labute approximate surface area is 89.0 Å². The van der Waals surface area contributed by atoms with Crippen molar-refractivity contribution in [2.45, 2.75) is 10.2 Å². The van der Waals surface area contributed by atoms with Crippen LogP contribution in [-0.2, 0) is 0 Å². The van der Waals surface area contributed by atoms with Crippen LogP contribution in [0.2, 0.25) is 0 Å². The van der Waals surface area contributed by atoms with Gasteiger partial charge in [-0.3, -0.25) is 4.79 Å². The highest BCUT2D eigenvalue weighted by molar-refractivity contribution is 7.99. The average molecular weight is 221 g/mol. The van der Waals surface area contributed by atoms with Gasteiger partial charge in [-0.25, -0.2) is 15.0 Å². The molecule has 0 bridgehead atoms. The second kappa shape index (κ2) is 4.09. The minimum Gasteiger partial charge on any atom is -0.384 e. The summed E-state index contributed by atoms with van der Waals surface area (Å²) in [7, 11) is 0. The van der Waals surface area contributed by atoms with Gasteiger partial charge in [0.25, 0.3) is 5.56 Å². The van der Waals surface area contributed by atoms with E-state index in [0.29, 0.717) is 16.0 Å². The maximum absolute atomic E-state index is 11.0. The molecule has 2 heterocycles. The number of rotatable bonds is 2. The van der Waals surface area contributed by atoms with E-state index in [4.69, 9.17) is 5.73 Å². The summed E-state index contributed by atoms with van der Waals surface area (Å²) in [6.45, 7) is 0. The fraction of sp³-hybridized carbons (Fsp3) is 0. The smallest absolute Gasteiger partial charge is 0.251 e. The Morgan fingerprint density at radius 2 is 2.20 bits per heavy atom. The molecule has 0 spiro atoms. The van der Waals surface area contributed by atoms with E-state index in [1.807, 2.05) is 0 Å². The van der Waals surface area contributed by atoms with Gasteiger partial charge in [-0.15, -0.1) is 0 Å². The summed E-state index contributed by atoms with van der Waals surface area (Å²) < 4.78 is 0. The number of aromatic amines is 1. The van der Waals surface area contributed by atoms with Crippen molar-refractivity contribution >= 4 is 17.6 Å². The molecule has 7 heteroatoms. The van der Waals surface area contributed by atoms with E-state index in [0.717, 1.165) is 0 Å². The molecule has 0 fully saturated rings. The van der Waals surface area contributed by atoms with Crippen LogP contribution in [0.25, 0.3) is 0 Å². The third kappa shape index (κ3) is 2.53. The van der Waals surface area contributed by atoms with Crippen LogP contribution in [0.5, 0.6) is 0 Å². The first-order chi connectivity index (χ1) is 7.24. The van der Waals surface area contributed by atoms with Crippen molar-refractivity contribution in [2.75, 3.05) is 5.73 Å². The van der Waals surface area contributed by atoms with E-state index < -0.39 is 0 Å². The molecule has 0 amide bonds. The van der Waals surface area contributed by atoms with E-state index in [1.165, 1.54) is 30.4 Å². The topological polar surface area (TPSA) is 97.5 Å². The van der Waals surface area contributed by atoms with Gasteiger partial charge in [0.2, 0.25) is 0 Å². The van der Waals surface area contributed by atoms with Crippen molar-refractivity contribution in [3.05, 3.63) is 35.0 Å². The van der Waals surface area contributed by atoms with Gasteiger partial charge >= 0.3 is 0 Å². The molecule has 0 aliphatic rings. The van der Waals surface area contributed by atoms with Crippen molar-refractivity contribution in [1.82, 2.24) is 19.9 Å². The molecule has 0 saturated carbocycles. The molecule has 15 heavy (non-hydrogen) atoms. The van der Waals surface area contributed by atoms with Gasteiger partial charge in [0.1, 0.15) is 17.2 Å². The minimum atomic E-state index is -0.200. The molecule has 0 saturated heterocycles. The van der Waals surface area contributed by atoms with Crippen molar-refractivity contribution in [2.24, 2.45) is 0 Å². The number of hydrogen-bond donors (Lipinski definition) is 2. The SMILES string of the molecule is Nc1cc(Sc2nccc(=O)[nH]2)ncn1. The normalized spacial score (nSPS) is 10.1. The van der Waals surface area contributed by atoms with Gasteiger partial charge in [0, 0.05) is 18.3 Å². The largest absolute Gasteiger partial charge is 0.384 e. The van der Waals surface area contributed by atoms with Crippen LogP contribution in [0.3, 0.4) is 0 Å². The highest BCUT2D eigenvalue weighted by atomic mass is 32.2. The number of aromatic nitrogens is 4. The van der Waals surface area contributed by atoms with Crippen molar-refractivity contribution in [3.63, 3.8) is 0 Å². The molecule has 2 aromatic rings. The Morgan fingerprint density at radius 3 is 2.93 bits per heavy atom. The van der Waals surface area contributed by atoms with Crippen molar-refractivity contribution in [3.8, 4) is 0 Å². The number of nitrogens with two attached hydrogens (primary N) is 1. The molecular formula is C8H7N5OS.